The Labute approximate surface area is 174 Å². The average Bonchev–Trinajstić information content (AvgIpc) is 2.66. The molecule has 9 nitrogen and oxygen atoms in total. The van der Waals surface area contributed by atoms with Crippen LogP contribution in [0.1, 0.15) is 32.1 Å². The highest BCUT2D eigenvalue weighted by Gasteiger charge is 2.33. The number of nitrogens with one attached hydrogen (secondary N) is 1. The molecule has 2 aliphatic rings. The Kier molecular flexibility index (Phi) is 8.87. The largest absolute Gasteiger partial charge is 0.381 e. The molecule has 2 heterocycles. The number of hydrogen-bond acceptors (Lipinski definition) is 6. The van der Waals surface area contributed by atoms with Gasteiger partial charge in [0.05, 0.1) is 6.26 Å². The zero-order chi connectivity index (χ0) is 21.5. The highest BCUT2D eigenvalue weighted by atomic mass is 32.2. The average molecular weight is 433 g/mol. The lowest BCUT2D eigenvalue weighted by Gasteiger charge is -2.39. The maximum atomic E-state index is 12.3. The minimum absolute atomic E-state index is 0.0144. The van der Waals surface area contributed by atoms with Crippen LogP contribution in [-0.2, 0) is 24.3 Å². The molecule has 2 rings (SSSR count). The van der Waals surface area contributed by atoms with E-state index in [9.17, 15) is 18.0 Å². The van der Waals surface area contributed by atoms with Crippen LogP contribution in [0.25, 0.3) is 0 Å². The predicted molar refractivity (Wildman–Crippen MR) is 111 cm³/mol. The van der Waals surface area contributed by atoms with Crippen LogP contribution < -0.4 is 5.32 Å². The number of carbonyl (C=O) groups is 2. The summed E-state index contributed by atoms with van der Waals surface area (Å²) in [5.74, 6) is -0.0382. The Morgan fingerprint density at radius 3 is 2.24 bits per heavy atom. The highest BCUT2D eigenvalue weighted by molar-refractivity contribution is 7.88. The van der Waals surface area contributed by atoms with Crippen molar-refractivity contribution in [3.63, 3.8) is 0 Å². The summed E-state index contributed by atoms with van der Waals surface area (Å²) in [5.41, 5.74) is 0.0481. The van der Waals surface area contributed by atoms with E-state index in [1.165, 1.54) is 10.6 Å². The van der Waals surface area contributed by atoms with Crippen molar-refractivity contribution in [2.75, 3.05) is 72.8 Å². The fourth-order valence-corrected chi connectivity index (χ4v) is 4.89. The van der Waals surface area contributed by atoms with Crippen molar-refractivity contribution in [2.45, 2.75) is 32.1 Å². The maximum Gasteiger partial charge on any atom is 0.222 e. The number of rotatable bonds is 9. The first kappa shape index (κ1) is 24.0. The fourth-order valence-electron chi connectivity index (χ4n) is 4.07. The molecule has 0 saturated carbocycles. The summed E-state index contributed by atoms with van der Waals surface area (Å²) >= 11 is 0. The summed E-state index contributed by atoms with van der Waals surface area (Å²) in [6.45, 7) is 4.49. The molecule has 29 heavy (non-hydrogen) atoms. The third-order valence-corrected chi connectivity index (χ3v) is 7.02. The van der Waals surface area contributed by atoms with Crippen LogP contribution >= 0.6 is 0 Å². The van der Waals surface area contributed by atoms with Crippen LogP contribution in [0.4, 0.5) is 0 Å². The van der Waals surface area contributed by atoms with E-state index in [1.807, 2.05) is 14.1 Å². The summed E-state index contributed by atoms with van der Waals surface area (Å²) in [7, 11) is 0.884. The van der Waals surface area contributed by atoms with E-state index in [0.29, 0.717) is 52.0 Å². The van der Waals surface area contributed by atoms with Crippen molar-refractivity contribution in [1.82, 2.24) is 19.4 Å². The lowest BCUT2D eigenvalue weighted by Crippen LogP contribution is -2.50. The first-order valence-electron chi connectivity index (χ1n) is 10.3. The van der Waals surface area contributed by atoms with Gasteiger partial charge >= 0.3 is 0 Å². The first-order valence-corrected chi connectivity index (χ1v) is 12.2. The van der Waals surface area contributed by atoms with Crippen LogP contribution in [0, 0.1) is 5.41 Å². The molecule has 1 N–H and O–H groups in total. The number of piperazine rings is 1. The Hall–Kier alpha value is -1.23. The van der Waals surface area contributed by atoms with Gasteiger partial charge < -0.3 is 19.9 Å². The molecular weight excluding hydrogens is 396 g/mol. The molecule has 2 fully saturated rings. The molecule has 0 aromatic carbocycles. The number of hydrogen-bond donors (Lipinski definition) is 1. The normalized spacial score (nSPS) is 20.6. The molecule has 168 valence electrons. The van der Waals surface area contributed by atoms with Gasteiger partial charge in [0.2, 0.25) is 21.8 Å². The summed E-state index contributed by atoms with van der Waals surface area (Å²) < 4.78 is 29.9. The van der Waals surface area contributed by atoms with E-state index in [-0.39, 0.29) is 17.2 Å². The molecule has 0 spiro atoms. The Balaban J connectivity index is 1.68. The molecule has 0 aromatic rings. The second kappa shape index (κ2) is 10.7. The van der Waals surface area contributed by atoms with E-state index in [4.69, 9.17) is 4.74 Å². The molecule has 0 aliphatic carbocycles. The van der Waals surface area contributed by atoms with Crippen molar-refractivity contribution < 1.29 is 22.7 Å². The predicted octanol–water partition coefficient (Wildman–Crippen LogP) is -0.265. The Morgan fingerprint density at radius 2 is 1.69 bits per heavy atom. The van der Waals surface area contributed by atoms with Crippen molar-refractivity contribution in [3.05, 3.63) is 0 Å². The molecular formula is C19H36N4O5S. The molecule has 2 saturated heterocycles. The van der Waals surface area contributed by atoms with Crippen LogP contribution in [0.15, 0.2) is 0 Å². The monoisotopic (exact) mass is 432 g/mol. The lowest BCUT2D eigenvalue weighted by atomic mass is 9.79. The number of sulfonamides is 1. The van der Waals surface area contributed by atoms with Crippen LogP contribution in [0.2, 0.25) is 0 Å². The van der Waals surface area contributed by atoms with E-state index >= 15 is 0 Å². The zero-order valence-corrected chi connectivity index (χ0v) is 18.8. The van der Waals surface area contributed by atoms with Crippen molar-refractivity contribution in [3.8, 4) is 0 Å². The zero-order valence-electron chi connectivity index (χ0n) is 18.0. The van der Waals surface area contributed by atoms with Crippen LogP contribution in [0.3, 0.4) is 0 Å². The van der Waals surface area contributed by atoms with Gasteiger partial charge in [0.15, 0.2) is 0 Å². The maximum absolute atomic E-state index is 12.3. The molecule has 0 bridgehead atoms. The summed E-state index contributed by atoms with van der Waals surface area (Å²) in [6.07, 6.45) is 4.19. The number of nitrogens with zero attached hydrogens (tertiary/aromatic N) is 3. The van der Waals surface area contributed by atoms with Gasteiger partial charge in [0.25, 0.3) is 0 Å². The quantitative estimate of drug-likeness (QED) is 0.539. The van der Waals surface area contributed by atoms with E-state index in [0.717, 1.165) is 32.6 Å². The van der Waals surface area contributed by atoms with Gasteiger partial charge in [-0.25, -0.2) is 8.42 Å². The Morgan fingerprint density at radius 1 is 1.07 bits per heavy atom. The van der Waals surface area contributed by atoms with Gasteiger partial charge in [-0.15, -0.1) is 0 Å². The summed E-state index contributed by atoms with van der Waals surface area (Å²) in [6, 6.07) is 0. The molecule has 0 aromatic heterocycles. The highest BCUT2D eigenvalue weighted by Crippen LogP contribution is 2.30. The minimum atomic E-state index is -3.20. The van der Waals surface area contributed by atoms with Crippen molar-refractivity contribution in [2.24, 2.45) is 5.41 Å². The topological polar surface area (TPSA) is 99.3 Å². The first-order chi connectivity index (χ1) is 13.6. The third-order valence-electron chi connectivity index (χ3n) is 5.72. The van der Waals surface area contributed by atoms with E-state index in [2.05, 4.69) is 10.2 Å². The van der Waals surface area contributed by atoms with Crippen LogP contribution in [0.5, 0.6) is 0 Å². The van der Waals surface area contributed by atoms with Gasteiger partial charge in [-0.1, -0.05) is 0 Å². The van der Waals surface area contributed by atoms with E-state index in [1.54, 1.807) is 4.90 Å². The van der Waals surface area contributed by atoms with Crippen molar-refractivity contribution >= 4 is 21.8 Å². The lowest BCUT2D eigenvalue weighted by molar-refractivity contribution is -0.132. The van der Waals surface area contributed by atoms with Gasteiger partial charge in [-0.3, -0.25) is 9.59 Å². The fraction of sp³-hybridized carbons (Fsp3) is 0.895. The van der Waals surface area contributed by atoms with E-state index < -0.39 is 10.0 Å². The van der Waals surface area contributed by atoms with Gasteiger partial charge in [0, 0.05) is 70.7 Å². The number of carbonyl (C=O) groups excluding carboxylic acids is 2. The SMILES string of the molecule is CN(C)CC1(CNC(=O)CCCC(=O)N2CCN(S(C)(=O)=O)CC2)CCOCC1. The summed E-state index contributed by atoms with van der Waals surface area (Å²) in [4.78, 5) is 28.4. The minimum Gasteiger partial charge on any atom is -0.381 e. The number of ether oxygens (including phenoxy) is 1. The van der Waals surface area contributed by atoms with Crippen LogP contribution in [-0.4, -0.2) is 107 Å². The molecule has 0 unspecified atom stereocenters. The molecule has 2 amide bonds. The van der Waals surface area contributed by atoms with Crippen molar-refractivity contribution in [1.29, 1.82) is 0 Å². The summed E-state index contributed by atoms with van der Waals surface area (Å²) in [5, 5.41) is 3.05. The standard InChI is InChI=1S/C19H36N4O5S/c1-21(2)16-19(7-13-28-14-8-19)15-20-17(24)5-4-6-18(25)22-9-11-23(12-10-22)29(3,26)27/h4-16H2,1-3H3,(H,20,24). The second-order valence-electron chi connectivity index (χ2n) is 8.52. The molecule has 0 atom stereocenters. The second-order valence-corrected chi connectivity index (χ2v) is 10.5. The molecule has 2 aliphatic heterocycles. The number of amides is 2. The smallest absolute Gasteiger partial charge is 0.222 e. The Bertz CT molecular complexity index is 654. The van der Waals surface area contributed by atoms with Gasteiger partial charge in [0.1, 0.15) is 0 Å². The molecule has 0 radical (unpaired) electrons. The molecule has 10 heteroatoms. The van der Waals surface area contributed by atoms with Gasteiger partial charge in [-0.05, 0) is 33.4 Å². The third kappa shape index (κ3) is 7.84. The van der Waals surface area contributed by atoms with Gasteiger partial charge in [-0.2, -0.15) is 4.31 Å².